The third-order valence-electron chi connectivity index (χ3n) is 4.07. The van der Waals surface area contributed by atoms with E-state index in [1.54, 1.807) is 28.2 Å². The maximum atomic E-state index is 12.4. The van der Waals surface area contributed by atoms with Crippen LogP contribution in [0.15, 0.2) is 29.6 Å². The van der Waals surface area contributed by atoms with E-state index in [9.17, 15) is 4.79 Å². The predicted octanol–water partition coefficient (Wildman–Crippen LogP) is 4.65. The number of aryl methyl sites for hydroxylation is 1. The molecule has 2 heterocycles. The SMILES string of the molecule is Cc1nn(-c2ccc(C(=O)NCc3csc(C(C)C)n3)cc2)c(C)c1Cl. The van der Waals surface area contributed by atoms with Crippen molar-refractivity contribution in [2.24, 2.45) is 0 Å². The van der Waals surface area contributed by atoms with E-state index in [0.29, 0.717) is 23.0 Å². The highest BCUT2D eigenvalue weighted by atomic mass is 35.5. The Bertz CT molecular complexity index is 928. The van der Waals surface area contributed by atoms with E-state index < -0.39 is 0 Å². The number of carbonyl (C=O) groups excluding carboxylic acids is 1. The van der Waals surface area contributed by atoms with Crippen LogP contribution in [0.5, 0.6) is 0 Å². The van der Waals surface area contributed by atoms with Gasteiger partial charge in [0.15, 0.2) is 0 Å². The fourth-order valence-electron chi connectivity index (χ4n) is 2.57. The number of hydrogen-bond donors (Lipinski definition) is 1. The average molecular weight is 389 g/mol. The van der Waals surface area contributed by atoms with Crippen LogP contribution in [0, 0.1) is 13.8 Å². The van der Waals surface area contributed by atoms with Gasteiger partial charge < -0.3 is 5.32 Å². The summed E-state index contributed by atoms with van der Waals surface area (Å²) >= 11 is 7.82. The van der Waals surface area contributed by atoms with Crippen molar-refractivity contribution in [3.05, 3.63) is 62.3 Å². The molecule has 0 fully saturated rings. The molecule has 136 valence electrons. The molecule has 0 saturated carbocycles. The molecule has 2 aromatic heterocycles. The second kappa shape index (κ2) is 7.60. The van der Waals surface area contributed by atoms with Gasteiger partial charge in [-0.1, -0.05) is 25.4 Å². The van der Waals surface area contributed by atoms with Crippen molar-refractivity contribution in [2.45, 2.75) is 40.2 Å². The van der Waals surface area contributed by atoms with E-state index in [0.717, 1.165) is 27.8 Å². The highest BCUT2D eigenvalue weighted by molar-refractivity contribution is 7.09. The first-order valence-electron chi connectivity index (χ1n) is 8.41. The molecule has 7 heteroatoms. The molecule has 0 saturated heterocycles. The number of amides is 1. The highest BCUT2D eigenvalue weighted by Crippen LogP contribution is 2.22. The summed E-state index contributed by atoms with van der Waals surface area (Å²) in [5, 5.41) is 11.1. The molecule has 0 aliphatic rings. The molecule has 26 heavy (non-hydrogen) atoms. The summed E-state index contributed by atoms with van der Waals surface area (Å²) in [6.07, 6.45) is 0. The third kappa shape index (κ3) is 3.81. The van der Waals surface area contributed by atoms with Gasteiger partial charge in [-0.25, -0.2) is 9.67 Å². The summed E-state index contributed by atoms with van der Waals surface area (Å²) in [4.78, 5) is 16.9. The van der Waals surface area contributed by atoms with Gasteiger partial charge in [0, 0.05) is 16.9 Å². The van der Waals surface area contributed by atoms with E-state index in [-0.39, 0.29) is 5.91 Å². The topological polar surface area (TPSA) is 59.8 Å². The summed E-state index contributed by atoms with van der Waals surface area (Å²) < 4.78 is 1.78. The van der Waals surface area contributed by atoms with Crippen LogP contribution < -0.4 is 5.32 Å². The Balaban J connectivity index is 1.67. The van der Waals surface area contributed by atoms with Crippen LogP contribution in [0.4, 0.5) is 0 Å². The Morgan fingerprint density at radius 3 is 2.50 bits per heavy atom. The first-order chi connectivity index (χ1) is 12.4. The molecule has 0 radical (unpaired) electrons. The largest absolute Gasteiger partial charge is 0.346 e. The lowest BCUT2D eigenvalue weighted by molar-refractivity contribution is 0.0950. The molecular weight excluding hydrogens is 368 g/mol. The molecule has 5 nitrogen and oxygen atoms in total. The van der Waals surface area contributed by atoms with Crippen LogP contribution in [0.3, 0.4) is 0 Å². The van der Waals surface area contributed by atoms with Gasteiger partial charge in [0.1, 0.15) is 0 Å². The number of rotatable bonds is 5. The number of nitrogens with one attached hydrogen (secondary N) is 1. The van der Waals surface area contributed by atoms with Gasteiger partial charge in [0.05, 0.1) is 39.3 Å². The standard InChI is InChI=1S/C19H21ClN4OS/c1-11(2)19-22-15(10-26-19)9-21-18(25)14-5-7-16(8-6-14)24-13(4)17(20)12(3)23-24/h5-8,10-11H,9H2,1-4H3,(H,21,25). The Morgan fingerprint density at radius 1 is 1.27 bits per heavy atom. The van der Waals surface area contributed by atoms with Crippen LogP contribution in [0.2, 0.25) is 5.02 Å². The van der Waals surface area contributed by atoms with Crippen LogP contribution in [0.1, 0.15) is 52.2 Å². The summed E-state index contributed by atoms with van der Waals surface area (Å²) in [5.74, 6) is 0.280. The summed E-state index contributed by atoms with van der Waals surface area (Å²) in [6, 6.07) is 7.31. The second-order valence-corrected chi connectivity index (χ2v) is 7.73. The van der Waals surface area contributed by atoms with E-state index in [2.05, 4.69) is 29.2 Å². The maximum Gasteiger partial charge on any atom is 0.251 e. The zero-order valence-electron chi connectivity index (χ0n) is 15.2. The fraction of sp³-hybridized carbons (Fsp3) is 0.316. The van der Waals surface area contributed by atoms with E-state index in [4.69, 9.17) is 11.6 Å². The molecule has 1 amide bonds. The van der Waals surface area contributed by atoms with Crippen molar-refractivity contribution < 1.29 is 4.79 Å². The average Bonchev–Trinajstić information content (AvgIpc) is 3.21. The lowest BCUT2D eigenvalue weighted by Gasteiger charge is -2.07. The summed E-state index contributed by atoms with van der Waals surface area (Å²) in [6.45, 7) is 8.44. The smallest absolute Gasteiger partial charge is 0.251 e. The first kappa shape index (κ1) is 18.6. The fourth-order valence-corrected chi connectivity index (χ4v) is 3.52. The van der Waals surface area contributed by atoms with Crippen molar-refractivity contribution >= 4 is 28.8 Å². The minimum absolute atomic E-state index is 0.123. The molecule has 0 aliphatic heterocycles. The number of thiazole rings is 1. The normalized spacial score (nSPS) is 11.2. The van der Waals surface area contributed by atoms with Gasteiger partial charge in [-0.2, -0.15) is 5.10 Å². The van der Waals surface area contributed by atoms with Crippen LogP contribution in [0.25, 0.3) is 5.69 Å². The summed E-state index contributed by atoms with van der Waals surface area (Å²) in [7, 11) is 0. The van der Waals surface area contributed by atoms with Crippen molar-refractivity contribution in [2.75, 3.05) is 0 Å². The van der Waals surface area contributed by atoms with Gasteiger partial charge in [-0.15, -0.1) is 11.3 Å². The first-order valence-corrected chi connectivity index (χ1v) is 9.67. The van der Waals surface area contributed by atoms with Crippen molar-refractivity contribution in [3.63, 3.8) is 0 Å². The molecule has 0 aliphatic carbocycles. The van der Waals surface area contributed by atoms with Gasteiger partial charge in [0.25, 0.3) is 5.91 Å². The Kier molecular flexibility index (Phi) is 5.44. The van der Waals surface area contributed by atoms with Crippen LogP contribution in [-0.2, 0) is 6.54 Å². The Hall–Kier alpha value is -2.18. The molecule has 0 unspecified atom stereocenters. The number of hydrogen-bond acceptors (Lipinski definition) is 4. The van der Waals surface area contributed by atoms with Crippen LogP contribution >= 0.6 is 22.9 Å². The molecule has 0 bridgehead atoms. The zero-order chi connectivity index (χ0) is 18.8. The summed E-state index contributed by atoms with van der Waals surface area (Å²) in [5.41, 5.74) is 4.03. The van der Waals surface area contributed by atoms with Gasteiger partial charge in [-0.05, 0) is 38.1 Å². The molecule has 0 spiro atoms. The zero-order valence-corrected chi connectivity index (χ0v) is 16.8. The second-order valence-electron chi connectivity index (χ2n) is 6.46. The Labute approximate surface area is 162 Å². The molecule has 3 rings (SSSR count). The van der Waals surface area contributed by atoms with Gasteiger partial charge in [0.2, 0.25) is 0 Å². The number of benzene rings is 1. The lowest BCUT2D eigenvalue weighted by Crippen LogP contribution is -2.23. The molecule has 1 N–H and O–H groups in total. The minimum Gasteiger partial charge on any atom is -0.346 e. The highest BCUT2D eigenvalue weighted by Gasteiger charge is 2.12. The van der Waals surface area contributed by atoms with Gasteiger partial charge >= 0.3 is 0 Å². The molecule has 0 atom stereocenters. The molecular formula is C19H21ClN4OS. The minimum atomic E-state index is -0.123. The van der Waals surface area contributed by atoms with E-state index in [1.807, 2.05) is 31.4 Å². The lowest BCUT2D eigenvalue weighted by atomic mass is 10.2. The van der Waals surface area contributed by atoms with E-state index >= 15 is 0 Å². The van der Waals surface area contributed by atoms with E-state index in [1.165, 1.54) is 0 Å². The number of aromatic nitrogens is 3. The van der Waals surface area contributed by atoms with Gasteiger partial charge in [-0.3, -0.25) is 4.79 Å². The van der Waals surface area contributed by atoms with Crippen molar-refractivity contribution in [3.8, 4) is 5.69 Å². The van der Waals surface area contributed by atoms with Crippen molar-refractivity contribution in [1.82, 2.24) is 20.1 Å². The number of carbonyl (C=O) groups is 1. The van der Waals surface area contributed by atoms with Crippen molar-refractivity contribution in [1.29, 1.82) is 0 Å². The molecule has 3 aromatic rings. The number of nitrogens with zero attached hydrogens (tertiary/aromatic N) is 3. The predicted molar refractivity (Wildman–Crippen MR) is 105 cm³/mol. The molecule has 1 aromatic carbocycles. The Morgan fingerprint density at radius 2 is 1.96 bits per heavy atom. The van der Waals surface area contributed by atoms with Crippen LogP contribution in [-0.4, -0.2) is 20.7 Å². The quantitative estimate of drug-likeness (QED) is 0.691. The maximum absolute atomic E-state index is 12.4. The number of halogens is 1. The third-order valence-corrected chi connectivity index (χ3v) is 5.81. The monoisotopic (exact) mass is 388 g/mol.